The molecule has 1 saturated carbocycles. The minimum Gasteiger partial charge on any atom is -0.505 e. The Morgan fingerprint density at radius 3 is 2.30 bits per heavy atom. The average Bonchev–Trinajstić information content (AvgIpc) is 3.18. The molecule has 3 N–H and O–H groups in total. The van der Waals surface area contributed by atoms with Crippen LogP contribution in [0.5, 0.6) is 0 Å². The number of amides is 1. The van der Waals surface area contributed by atoms with Gasteiger partial charge in [-0.1, -0.05) is 43.0 Å². The SMILES string of the molecule is O=C(O)CNC(=O)C1=C(O)c2ccc(-c3ccc(Cl)cc3)n2C2(CCCCC2)C1=O. The van der Waals surface area contributed by atoms with E-state index in [1.54, 1.807) is 18.2 Å². The van der Waals surface area contributed by atoms with Crippen LogP contribution in [0.1, 0.15) is 37.8 Å². The largest absolute Gasteiger partial charge is 0.505 e. The van der Waals surface area contributed by atoms with Gasteiger partial charge in [0.1, 0.15) is 17.7 Å². The second-order valence-electron chi connectivity index (χ2n) is 7.67. The second-order valence-corrected chi connectivity index (χ2v) is 8.10. The number of Topliss-reactive ketones (excluding diaryl/α,β-unsaturated/α-hetero) is 1. The maximum absolute atomic E-state index is 13.6. The molecule has 1 aliphatic heterocycles. The Kier molecular flexibility index (Phi) is 5.15. The number of aliphatic hydroxyl groups excluding tert-OH is 1. The predicted octanol–water partition coefficient (Wildman–Crippen LogP) is 3.52. The molecule has 0 bridgehead atoms. The van der Waals surface area contributed by atoms with Crippen molar-refractivity contribution in [3.63, 3.8) is 0 Å². The number of benzene rings is 1. The van der Waals surface area contributed by atoms with Crippen molar-refractivity contribution in [3.8, 4) is 11.3 Å². The van der Waals surface area contributed by atoms with Crippen molar-refractivity contribution in [2.75, 3.05) is 6.54 Å². The number of carboxylic acid groups (broad SMARTS) is 1. The lowest BCUT2D eigenvalue weighted by Gasteiger charge is -2.42. The highest BCUT2D eigenvalue weighted by atomic mass is 35.5. The Bertz CT molecular complexity index is 1060. The molecule has 1 fully saturated rings. The van der Waals surface area contributed by atoms with Crippen molar-refractivity contribution >= 4 is 35.0 Å². The van der Waals surface area contributed by atoms with Gasteiger partial charge in [-0.2, -0.15) is 0 Å². The molecule has 2 aromatic rings. The quantitative estimate of drug-likeness (QED) is 0.645. The summed E-state index contributed by atoms with van der Waals surface area (Å²) in [5.41, 5.74) is 0.616. The summed E-state index contributed by atoms with van der Waals surface area (Å²) in [6.07, 6.45) is 3.69. The van der Waals surface area contributed by atoms with Crippen molar-refractivity contribution in [2.45, 2.75) is 37.6 Å². The molecule has 2 heterocycles. The standard InChI is InChI=1S/C22H21ClN2O5/c23-14-6-4-13(5-7-14)15-8-9-16-19(28)18(21(30)24-12-17(26)27)20(29)22(25(15)16)10-2-1-3-11-22/h4-9,28H,1-3,10-12H2,(H,24,30)(H,26,27). The highest BCUT2D eigenvalue weighted by Crippen LogP contribution is 2.46. The summed E-state index contributed by atoms with van der Waals surface area (Å²) in [5.74, 6) is -3.00. The highest BCUT2D eigenvalue weighted by molar-refractivity contribution is 6.30. The van der Waals surface area contributed by atoms with Crippen LogP contribution < -0.4 is 5.32 Å². The molecule has 1 aromatic heterocycles. The summed E-state index contributed by atoms with van der Waals surface area (Å²) >= 11 is 6.02. The minimum absolute atomic E-state index is 0.369. The summed E-state index contributed by atoms with van der Waals surface area (Å²) in [4.78, 5) is 37.1. The summed E-state index contributed by atoms with van der Waals surface area (Å²) in [6.45, 7) is -0.632. The van der Waals surface area contributed by atoms with E-state index in [2.05, 4.69) is 5.32 Å². The first-order valence-corrected chi connectivity index (χ1v) is 10.2. The zero-order chi connectivity index (χ0) is 21.5. The molecular weight excluding hydrogens is 408 g/mol. The third-order valence-electron chi connectivity index (χ3n) is 5.89. The molecule has 1 aromatic carbocycles. The fourth-order valence-electron chi connectivity index (χ4n) is 4.54. The van der Waals surface area contributed by atoms with Gasteiger partial charge in [0.15, 0.2) is 11.5 Å². The number of carbonyl (C=O) groups excluding carboxylic acids is 2. The van der Waals surface area contributed by atoms with E-state index in [1.165, 1.54) is 0 Å². The van der Waals surface area contributed by atoms with Crippen molar-refractivity contribution < 1.29 is 24.6 Å². The fourth-order valence-corrected chi connectivity index (χ4v) is 4.67. The zero-order valence-electron chi connectivity index (χ0n) is 16.2. The molecule has 8 heteroatoms. The first kappa shape index (κ1) is 20.2. The molecule has 0 unspecified atom stereocenters. The number of hydrogen-bond acceptors (Lipinski definition) is 4. The van der Waals surface area contributed by atoms with Crippen LogP contribution in [0.3, 0.4) is 0 Å². The highest BCUT2D eigenvalue weighted by Gasteiger charge is 2.50. The molecule has 0 saturated heterocycles. The summed E-state index contributed by atoms with van der Waals surface area (Å²) in [7, 11) is 0. The van der Waals surface area contributed by atoms with Gasteiger partial charge in [0, 0.05) is 10.7 Å². The normalized spacial score (nSPS) is 17.7. The van der Waals surface area contributed by atoms with E-state index >= 15 is 0 Å². The minimum atomic E-state index is -1.23. The van der Waals surface area contributed by atoms with E-state index in [9.17, 15) is 19.5 Å². The first-order chi connectivity index (χ1) is 14.3. The van der Waals surface area contributed by atoms with Crippen LogP contribution in [0, 0.1) is 0 Å². The number of nitrogens with zero attached hydrogens (tertiary/aromatic N) is 1. The lowest BCUT2D eigenvalue weighted by molar-refractivity contribution is -0.138. The van der Waals surface area contributed by atoms with Gasteiger partial charge in [0.05, 0.1) is 5.69 Å². The third kappa shape index (κ3) is 3.19. The van der Waals surface area contributed by atoms with Crippen LogP contribution in [-0.2, 0) is 19.9 Å². The number of aromatic nitrogens is 1. The predicted molar refractivity (Wildman–Crippen MR) is 111 cm³/mol. The first-order valence-electron chi connectivity index (χ1n) is 9.82. The molecule has 1 amide bonds. The number of aliphatic carboxylic acids is 1. The Hall–Kier alpha value is -3.06. The average molecular weight is 429 g/mol. The zero-order valence-corrected chi connectivity index (χ0v) is 16.9. The Morgan fingerprint density at radius 2 is 1.67 bits per heavy atom. The van der Waals surface area contributed by atoms with E-state index in [4.69, 9.17) is 16.7 Å². The Morgan fingerprint density at radius 1 is 1.03 bits per heavy atom. The Labute approximate surface area is 178 Å². The number of aliphatic hydroxyl groups is 1. The fraction of sp³-hybridized carbons (Fsp3) is 0.318. The van der Waals surface area contributed by atoms with Gasteiger partial charge in [-0.15, -0.1) is 0 Å². The number of fused-ring (bicyclic) bond motifs is 2. The van der Waals surface area contributed by atoms with E-state index in [-0.39, 0.29) is 5.57 Å². The molecule has 0 atom stereocenters. The van der Waals surface area contributed by atoms with Crippen LogP contribution in [0.4, 0.5) is 0 Å². The molecule has 7 nitrogen and oxygen atoms in total. The molecule has 1 aliphatic carbocycles. The van der Waals surface area contributed by atoms with Crippen LogP contribution in [-0.4, -0.2) is 39.0 Å². The van der Waals surface area contributed by atoms with Crippen LogP contribution in [0.15, 0.2) is 42.0 Å². The van der Waals surface area contributed by atoms with Gasteiger partial charge in [-0.05, 0) is 42.7 Å². The van der Waals surface area contributed by atoms with Crippen molar-refractivity contribution in [1.82, 2.24) is 9.88 Å². The van der Waals surface area contributed by atoms with E-state index in [0.29, 0.717) is 23.6 Å². The van der Waals surface area contributed by atoms with Gasteiger partial charge in [0.25, 0.3) is 5.91 Å². The topological polar surface area (TPSA) is 109 Å². The third-order valence-corrected chi connectivity index (χ3v) is 6.14. The number of carboxylic acids is 1. The van der Waals surface area contributed by atoms with Gasteiger partial charge in [-0.25, -0.2) is 0 Å². The van der Waals surface area contributed by atoms with Gasteiger partial charge >= 0.3 is 5.97 Å². The summed E-state index contributed by atoms with van der Waals surface area (Å²) < 4.78 is 1.85. The van der Waals surface area contributed by atoms with E-state index in [0.717, 1.165) is 30.5 Å². The number of halogens is 1. The lowest BCUT2D eigenvalue weighted by Crippen LogP contribution is -2.50. The van der Waals surface area contributed by atoms with Gasteiger partial charge in [0.2, 0.25) is 0 Å². The number of ketones is 1. The van der Waals surface area contributed by atoms with Gasteiger partial charge < -0.3 is 20.1 Å². The van der Waals surface area contributed by atoms with Gasteiger partial charge in [-0.3, -0.25) is 14.4 Å². The van der Waals surface area contributed by atoms with Crippen molar-refractivity contribution in [2.24, 2.45) is 0 Å². The molecule has 0 radical (unpaired) electrons. The van der Waals surface area contributed by atoms with Crippen LogP contribution in [0.25, 0.3) is 17.0 Å². The molecule has 156 valence electrons. The molecule has 30 heavy (non-hydrogen) atoms. The number of hydrogen-bond donors (Lipinski definition) is 3. The molecule has 2 aliphatic rings. The maximum atomic E-state index is 13.6. The summed E-state index contributed by atoms with van der Waals surface area (Å²) in [5, 5.41) is 22.5. The lowest BCUT2D eigenvalue weighted by atomic mass is 9.73. The van der Waals surface area contributed by atoms with Crippen LogP contribution in [0.2, 0.25) is 5.02 Å². The second kappa shape index (κ2) is 7.65. The molecule has 1 spiro atoms. The number of nitrogens with one attached hydrogen (secondary N) is 1. The molecule has 4 rings (SSSR count). The van der Waals surface area contributed by atoms with E-state index < -0.39 is 35.5 Å². The number of rotatable bonds is 4. The summed E-state index contributed by atoms with van der Waals surface area (Å²) in [6, 6.07) is 10.7. The monoisotopic (exact) mass is 428 g/mol. The smallest absolute Gasteiger partial charge is 0.322 e. The van der Waals surface area contributed by atoms with E-state index in [1.807, 2.05) is 22.8 Å². The Balaban J connectivity index is 1.89. The number of carbonyl (C=O) groups is 3. The van der Waals surface area contributed by atoms with Crippen molar-refractivity contribution in [1.29, 1.82) is 0 Å². The maximum Gasteiger partial charge on any atom is 0.322 e. The molecular formula is C22H21ClN2O5. The van der Waals surface area contributed by atoms with Crippen LogP contribution >= 0.6 is 11.6 Å². The van der Waals surface area contributed by atoms with Crippen molar-refractivity contribution in [3.05, 3.63) is 52.7 Å².